The van der Waals surface area contributed by atoms with Crippen molar-refractivity contribution in [1.29, 1.82) is 0 Å². The molecule has 1 amide bonds. The topological polar surface area (TPSA) is 65.4 Å². The van der Waals surface area contributed by atoms with Crippen molar-refractivity contribution in [3.8, 4) is 11.5 Å². The molecule has 1 atom stereocenters. The van der Waals surface area contributed by atoms with Crippen LogP contribution >= 0.6 is 0 Å². The van der Waals surface area contributed by atoms with Crippen LogP contribution in [-0.2, 0) is 11.3 Å². The monoisotopic (exact) mass is 303 g/mol. The van der Waals surface area contributed by atoms with E-state index in [1.54, 1.807) is 38.7 Å². The van der Waals surface area contributed by atoms with Crippen LogP contribution in [0.2, 0.25) is 0 Å². The number of nitrogens with zero attached hydrogens (tertiary/aromatic N) is 2. The molecule has 118 valence electrons. The number of imidazole rings is 1. The first-order valence-electron chi connectivity index (χ1n) is 7.23. The molecule has 1 aromatic carbocycles. The Morgan fingerprint density at radius 3 is 2.95 bits per heavy atom. The number of aromatic nitrogens is 2. The van der Waals surface area contributed by atoms with Gasteiger partial charge in [0.05, 0.1) is 13.4 Å². The van der Waals surface area contributed by atoms with Gasteiger partial charge in [-0.3, -0.25) is 4.79 Å². The Morgan fingerprint density at radius 1 is 1.41 bits per heavy atom. The second-order valence-corrected chi connectivity index (χ2v) is 4.88. The van der Waals surface area contributed by atoms with E-state index in [1.807, 2.05) is 22.9 Å². The summed E-state index contributed by atoms with van der Waals surface area (Å²) >= 11 is 0. The highest BCUT2D eigenvalue weighted by Crippen LogP contribution is 2.19. The van der Waals surface area contributed by atoms with Gasteiger partial charge in [-0.15, -0.1) is 0 Å². The zero-order valence-corrected chi connectivity index (χ0v) is 12.9. The van der Waals surface area contributed by atoms with Crippen LogP contribution < -0.4 is 14.8 Å². The first kappa shape index (κ1) is 15.9. The molecule has 0 radical (unpaired) electrons. The molecular weight excluding hydrogens is 282 g/mol. The Balaban J connectivity index is 1.72. The molecule has 0 unspecified atom stereocenters. The molecule has 6 heteroatoms. The molecule has 1 heterocycles. The van der Waals surface area contributed by atoms with Crippen LogP contribution in [0.5, 0.6) is 11.5 Å². The van der Waals surface area contributed by atoms with E-state index in [2.05, 4.69) is 10.3 Å². The molecule has 0 saturated carbocycles. The van der Waals surface area contributed by atoms with Crippen LogP contribution in [0.1, 0.15) is 13.3 Å². The highest BCUT2D eigenvalue weighted by atomic mass is 16.5. The minimum Gasteiger partial charge on any atom is -0.497 e. The maximum Gasteiger partial charge on any atom is 0.260 e. The molecule has 1 aromatic heterocycles. The van der Waals surface area contributed by atoms with Crippen molar-refractivity contribution in [2.24, 2.45) is 0 Å². The molecule has 0 aliphatic rings. The first-order valence-corrected chi connectivity index (χ1v) is 7.23. The summed E-state index contributed by atoms with van der Waals surface area (Å²) in [6.07, 6.45) is 5.68. The van der Waals surface area contributed by atoms with E-state index in [4.69, 9.17) is 9.47 Å². The first-order chi connectivity index (χ1) is 10.7. The molecule has 1 N–H and O–H groups in total. The van der Waals surface area contributed by atoms with Gasteiger partial charge in [0.25, 0.3) is 5.91 Å². The third kappa shape index (κ3) is 4.80. The number of hydrogen-bond donors (Lipinski definition) is 1. The summed E-state index contributed by atoms with van der Waals surface area (Å²) < 4.78 is 12.7. The SMILES string of the molecule is COc1cccc(O[C@H](C)C(=O)NCCCn2ccnc2)c1. The van der Waals surface area contributed by atoms with Crippen LogP contribution in [0.15, 0.2) is 43.0 Å². The summed E-state index contributed by atoms with van der Waals surface area (Å²) in [5.41, 5.74) is 0. The van der Waals surface area contributed by atoms with Gasteiger partial charge >= 0.3 is 0 Å². The molecule has 2 aromatic rings. The Hall–Kier alpha value is -2.50. The number of rotatable bonds is 8. The lowest BCUT2D eigenvalue weighted by Gasteiger charge is -2.15. The van der Waals surface area contributed by atoms with E-state index in [0.717, 1.165) is 13.0 Å². The molecule has 0 fully saturated rings. The van der Waals surface area contributed by atoms with E-state index in [1.165, 1.54) is 0 Å². The third-order valence-corrected chi connectivity index (χ3v) is 3.17. The predicted molar refractivity (Wildman–Crippen MR) is 82.9 cm³/mol. The van der Waals surface area contributed by atoms with Gasteiger partial charge in [-0.05, 0) is 25.5 Å². The van der Waals surface area contributed by atoms with Gasteiger partial charge in [0, 0.05) is 31.5 Å². The fourth-order valence-corrected chi connectivity index (χ4v) is 1.97. The summed E-state index contributed by atoms with van der Waals surface area (Å²) in [5.74, 6) is 1.18. The van der Waals surface area contributed by atoms with Crippen molar-refractivity contribution in [3.63, 3.8) is 0 Å². The zero-order chi connectivity index (χ0) is 15.8. The highest BCUT2D eigenvalue weighted by Gasteiger charge is 2.14. The van der Waals surface area contributed by atoms with Crippen molar-refractivity contribution >= 4 is 5.91 Å². The summed E-state index contributed by atoms with van der Waals surface area (Å²) in [5, 5.41) is 2.86. The van der Waals surface area contributed by atoms with E-state index >= 15 is 0 Å². The lowest BCUT2D eigenvalue weighted by atomic mass is 10.3. The van der Waals surface area contributed by atoms with Gasteiger partial charge in [-0.25, -0.2) is 4.98 Å². The smallest absolute Gasteiger partial charge is 0.260 e. The van der Waals surface area contributed by atoms with Gasteiger partial charge in [-0.2, -0.15) is 0 Å². The number of benzene rings is 1. The number of nitrogens with one attached hydrogen (secondary N) is 1. The van der Waals surface area contributed by atoms with Crippen LogP contribution in [0, 0.1) is 0 Å². The maximum absolute atomic E-state index is 12.0. The minimum absolute atomic E-state index is 0.131. The van der Waals surface area contributed by atoms with Crippen molar-refractivity contribution in [1.82, 2.24) is 14.9 Å². The quantitative estimate of drug-likeness (QED) is 0.756. The molecule has 0 aliphatic heterocycles. The van der Waals surface area contributed by atoms with Crippen molar-refractivity contribution in [2.45, 2.75) is 26.0 Å². The number of aryl methyl sites for hydroxylation is 1. The molecular formula is C16H21N3O3. The molecule has 0 aliphatic carbocycles. The number of methoxy groups -OCH3 is 1. The lowest BCUT2D eigenvalue weighted by molar-refractivity contribution is -0.127. The lowest BCUT2D eigenvalue weighted by Crippen LogP contribution is -2.37. The molecule has 0 saturated heterocycles. The number of hydrogen-bond acceptors (Lipinski definition) is 4. The van der Waals surface area contributed by atoms with E-state index in [9.17, 15) is 4.79 Å². The fraction of sp³-hybridized carbons (Fsp3) is 0.375. The van der Waals surface area contributed by atoms with Gasteiger partial charge < -0.3 is 19.4 Å². The molecule has 6 nitrogen and oxygen atoms in total. The number of carbonyl (C=O) groups excluding carboxylic acids is 1. The van der Waals surface area contributed by atoms with Crippen LogP contribution in [0.25, 0.3) is 0 Å². The van der Waals surface area contributed by atoms with Crippen LogP contribution in [-0.4, -0.2) is 35.2 Å². The summed E-state index contributed by atoms with van der Waals surface area (Å²) in [4.78, 5) is 15.9. The fourth-order valence-electron chi connectivity index (χ4n) is 1.97. The van der Waals surface area contributed by atoms with Gasteiger partial charge in [0.2, 0.25) is 0 Å². The average Bonchev–Trinajstić information content (AvgIpc) is 3.04. The molecule has 2 rings (SSSR count). The van der Waals surface area contributed by atoms with Gasteiger partial charge in [0.15, 0.2) is 6.10 Å². The van der Waals surface area contributed by atoms with E-state index < -0.39 is 6.10 Å². The van der Waals surface area contributed by atoms with Crippen molar-refractivity contribution in [2.75, 3.05) is 13.7 Å². The van der Waals surface area contributed by atoms with E-state index in [0.29, 0.717) is 18.0 Å². The second kappa shape index (κ2) is 8.07. The number of carbonyl (C=O) groups is 1. The summed E-state index contributed by atoms with van der Waals surface area (Å²) in [7, 11) is 1.59. The highest BCUT2D eigenvalue weighted by molar-refractivity contribution is 5.80. The largest absolute Gasteiger partial charge is 0.497 e. The molecule has 0 bridgehead atoms. The Kier molecular flexibility index (Phi) is 5.82. The normalized spacial score (nSPS) is 11.7. The van der Waals surface area contributed by atoms with E-state index in [-0.39, 0.29) is 5.91 Å². The van der Waals surface area contributed by atoms with Crippen LogP contribution in [0.4, 0.5) is 0 Å². The summed E-state index contributed by atoms with van der Waals surface area (Å²) in [6.45, 7) is 3.15. The standard InChI is InChI=1S/C16H21N3O3/c1-13(22-15-6-3-5-14(11-15)21-2)16(20)18-7-4-9-19-10-8-17-12-19/h3,5-6,8,10-13H,4,7,9H2,1-2H3,(H,18,20)/t13-/m1/s1. The predicted octanol–water partition coefficient (Wildman–Crippen LogP) is 1.87. The second-order valence-electron chi connectivity index (χ2n) is 4.88. The van der Waals surface area contributed by atoms with Crippen molar-refractivity contribution in [3.05, 3.63) is 43.0 Å². The Morgan fingerprint density at radius 2 is 2.23 bits per heavy atom. The maximum atomic E-state index is 12.0. The average molecular weight is 303 g/mol. The number of ether oxygens (including phenoxy) is 2. The van der Waals surface area contributed by atoms with Crippen molar-refractivity contribution < 1.29 is 14.3 Å². The molecule has 0 spiro atoms. The minimum atomic E-state index is -0.555. The Bertz CT molecular complexity index is 584. The molecule has 22 heavy (non-hydrogen) atoms. The zero-order valence-electron chi connectivity index (χ0n) is 12.9. The third-order valence-electron chi connectivity index (χ3n) is 3.17. The number of amides is 1. The van der Waals surface area contributed by atoms with Gasteiger partial charge in [-0.1, -0.05) is 6.07 Å². The summed E-state index contributed by atoms with van der Waals surface area (Å²) in [6, 6.07) is 7.20. The van der Waals surface area contributed by atoms with Gasteiger partial charge in [0.1, 0.15) is 11.5 Å². The van der Waals surface area contributed by atoms with Crippen LogP contribution in [0.3, 0.4) is 0 Å². The Labute approximate surface area is 130 Å².